The molecule has 0 aliphatic carbocycles. The summed E-state index contributed by atoms with van der Waals surface area (Å²) in [6, 6.07) is 6.42. The third-order valence-electron chi connectivity index (χ3n) is 4.53. The molecule has 0 bridgehead atoms. The molecule has 2 aromatic rings. The highest BCUT2D eigenvalue weighted by Gasteiger charge is 2.18. The van der Waals surface area contributed by atoms with Crippen molar-refractivity contribution in [2.75, 3.05) is 6.26 Å². The zero-order valence-electron chi connectivity index (χ0n) is 15.7. The van der Waals surface area contributed by atoms with Crippen LogP contribution in [0, 0.1) is 6.92 Å². The Morgan fingerprint density at radius 3 is 2.37 bits per heavy atom. The van der Waals surface area contributed by atoms with Crippen molar-refractivity contribution in [3.8, 4) is 0 Å². The van der Waals surface area contributed by atoms with Gasteiger partial charge in [-0.1, -0.05) is 19.1 Å². The second-order valence-corrected chi connectivity index (χ2v) is 9.34. The van der Waals surface area contributed by atoms with E-state index in [1.54, 1.807) is 18.3 Å². The van der Waals surface area contributed by atoms with E-state index in [4.69, 9.17) is 0 Å². The lowest BCUT2D eigenvalue weighted by molar-refractivity contribution is 0.0948. The summed E-state index contributed by atoms with van der Waals surface area (Å²) in [5.41, 5.74) is 1.24. The molecule has 146 valence electrons. The number of carbonyl (C=O) groups excluding carboxylic acids is 1. The highest BCUT2D eigenvalue weighted by molar-refractivity contribution is 9.10. The van der Waals surface area contributed by atoms with Crippen LogP contribution in [0.4, 0.5) is 0 Å². The molecule has 0 aliphatic rings. The number of sulfone groups is 1. The minimum Gasteiger partial charge on any atom is -0.348 e. The quantitative estimate of drug-likeness (QED) is 0.725. The summed E-state index contributed by atoms with van der Waals surface area (Å²) in [5.74, 6) is -0.468. The molecule has 27 heavy (non-hydrogen) atoms. The Balaban J connectivity index is 2.23. The van der Waals surface area contributed by atoms with E-state index in [2.05, 4.69) is 21.2 Å². The Morgan fingerprint density at radius 2 is 1.85 bits per heavy atom. The smallest absolute Gasteiger partial charge is 0.257 e. The summed E-state index contributed by atoms with van der Waals surface area (Å²) in [4.78, 5) is 25.2. The number of carbonyl (C=O) groups is 1. The molecule has 1 atom stereocenters. The molecule has 1 aromatic carbocycles. The number of rotatable bonds is 6. The summed E-state index contributed by atoms with van der Waals surface area (Å²) >= 11 is 3.30. The van der Waals surface area contributed by atoms with Gasteiger partial charge in [0, 0.05) is 30.7 Å². The lowest BCUT2D eigenvalue weighted by Crippen LogP contribution is -2.30. The molecule has 0 unspecified atom stereocenters. The van der Waals surface area contributed by atoms with Gasteiger partial charge in [0.15, 0.2) is 9.84 Å². The molecule has 0 fully saturated rings. The Labute approximate surface area is 167 Å². The molecule has 1 aromatic heterocycles. The van der Waals surface area contributed by atoms with Crippen molar-refractivity contribution < 1.29 is 13.2 Å². The zero-order chi connectivity index (χ0) is 20.4. The summed E-state index contributed by atoms with van der Waals surface area (Å²) in [6.45, 7) is 6.09. The standard InChI is InChI=1S/C19H23BrN2O4S/c1-5-12(2)22-11-16(18(23)17(20)13(22)3)19(24)21-10-14-6-8-15(9-7-14)27(4,25)26/h6-9,11-12H,5,10H2,1-4H3,(H,21,24)/t12-/m0/s1. The maximum Gasteiger partial charge on any atom is 0.257 e. The number of nitrogens with one attached hydrogen (secondary N) is 1. The number of amides is 1. The van der Waals surface area contributed by atoms with E-state index in [1.807, 2.05) is 25.3 Å². The van der Waals surface area contributed by atoms with E-state index in [0.29, 0.717) is 4.47 Å². The Morgan fingerprint density at radius 1 is 1.26 bits per heavy atom. The third kappa shape index (κ3) is 4.87. The number of aromatic nitrogens is 1. The summed E-state index contributed by atoms with van der Waals surface area (Å²) in [6.07, 6.45) is 3.60. The van der Waals surface area contributed by atoms with E-state index >= 15 is 0 Å². The largest absolute Gasteiger partial charge is 0.348 e. The number of nitrogens with zero attached hydrogens (tertiary/aromatic N) is 1. The number of hydrogen-bond acceptors (Lipinski definition) is 4. The normalized spacial score (nSPS) is 12.6. The molecule has 1 amide bonds. The average molecular weight is 455 g/mol. The Hall–Kier alpha value is -1.93. The molecule has 0 spiro atoms. The topological polar surface area (TPSA) is 85.2 Å². The van der Waals surface area contributed by atoms with Crippen LogP contribution in [-0.2, 0) is 16.4 Å². The molecule has 8 heteroatoms. The molecule has 0 saturated carbocycles. The highest BCUT2D eigenvalue weighted by Crippen LogP contribution is 2.19. The van der Waals surface area contributed by atoms with E-state index in [-0.39, 0.29) is 28.5 Å². The van der Waals surface area contributed by atoms with Gasteiger partial charge in [-0.25, -0.2) is 8.42 Å². The van der Waals surface area contributed by atoms with E-state index in [0.717, 1.165) is 23.9 Å². The number of pyridine rings is 1. The average Bonchev–Trinajstić information content (AvgIpc) is 2.63. The molecule has 0 aliphatic heterocycles. The number of hydrogen-bond donors (Lipinski definition) is 1. The summed E-state index contributed by atoms with van der Waals surface area (Å²) in [5, 5.41) is 2.72. The van der Waals surface area contributed by atoms with Gasteiger partial charge in [0.05, 0.1) is 9.37 Å². The first kappa shape index (κ1) is 21.4. The summed E-state index contributed by atoms with van der Waals surface area (Å²) < 4.78 is 25.3. The molecular formula is C19H23BrN2O4S. The van der Waals surface area contributed by atoms with Crippen LogP contribution in [0.5, 0.6) is 0 Å². The lowest BCUT2D eigenvalue weighted by atomic mass is 10.1. The molecule has 0 radical (unpaired) electrons. The van der Waals surface area contributed by atoms with Crippen molar-refractivity contribution in [2.45, 2.75) is 44.7 Å². The minimum absolute atomic E-state index is 0.0699. The second-order valence-electron chi connectivity index (χ2n) is 6.53. The highest BCUT2D eigenvalue weighted by atomic mass is 79.9. The van der Waals surface area contributed by atoms with Gasteiger partial charge in [-0.05, 0) is 53.9 Å². The zero-order valence-corrected chi connectivity index (χ0v) is 18.1. The molecule has 0 saturated heterocycles. The molecule has 6 nitrogen and oxygen atoms in total. The van der Waals surface area contributed by atoms with Crippen LogP contribution in [0.15, 0.2) is 44.6 Å². The van der Waals surface area contributed by atoms with Gasteiger partial charge in [0.25, 0.3) is 5.91 Å². The van der Waals surface area contributed by atoms with Crippen LogP contribution in [0.2, 0.25) is 0 Å². The Bertz CT molecular complexity index is 1010. The molecular weight excluding hydrogens is 432 g/mol. The lowest BCUT2D eigenvalue weighted by Gasteiger charge is -2.19. The number of halogens is 1. The van der Waals surface area contributed by atoms with E-state index in [9.17, 15) is 18.0 Å². The first-order chi connectivity index (χ1) is 12.6. The van der Waals surface area contributed by atoms with E-state index in [1.165, 1.54) is 12.1 Å². The van der Waals surface area contributed by atoms with Gasteiger partial charge in [-0.15, -0.1) is 0 Å². The minimum atomic E-state index is -3.26. The predicted molar refractivity (Wildman–Crippen MR) is 109 cm³/mol. The maximum atomic E-state index is 12.6. The van der Waals surface area contributed by atoms with Gasteiger partial charge in [0.2, 0.25) is 5.43 Å². The van der Waals surface area contributed by atoms with Crippen LogP contribution >= 0.6 is 15.9 Å². The summed E-state index contributed by atoms with van der Waals surface area (Å²) in [7, 11) is -3.26. The van der Waals surface area contributed by atoms with Crippen LogP contribution in [-0.4, -0.2) is 25.1 Å². The number of benzene rings is 1. The fourth-order valence-corrected chi connectivity index (χ4v) is 3.69. The first-order valence-electron chi connectivity index (χ1n) is 8.54. The molecule has 2 rings (SSSR count). The van der Waals surface area contributed by atoms with Gasteiger partial charge in [0.1, 0.15) is 5.56 Å². The SMILES string of the molecule is CC[C@H](C)n1cc(C(=O)NCc2ccc(S(C)(=O)=O)cc2)c(=O)c(Br)c1C. The van der Waals surface area contributed by atoms with Crippen LogP contribution in [0.25, 0.3) is 0 Å². The van der Waals surface area contributed by atoms with Crippen molar-refractivity contribution in [2.24, 2.45) is 0 Å². The van der Waals surface area contributed by atoms with Crippen LogP contribution in [0.3, 0.4) is 0 Å². The van der Waals surface area contributed by atoms with Gasteiger partial charge in [-0.3, -0.25) is 9.59 Å². The molecule has 1 N–H and O–H groups in total. The van der Waals surface area contributed by atoms with Crippen molar-refractivity contribution in [3.63, 3.8) is 0 Å². The van der Waals surface area contributed by atoms with Crippen molar-refractivity contribution in [1.29, 1.82) is 0 Å². The molecule has 1 heterocycles. The fourth-order valence-electron chi connectivity index (χ4n) is 2.64. The maximum absolute atomic E-state index is 12.6. The third-order valence-corrected chi connectivity index (χ3v) is 6.59. The van der Waals surface area contributed by atoms with E-state index < -0.39 is 15.7 Å². The first-order valence-corrected chi connectivity index (χ1v) is 11.2. The Kier molecular flexibility index (Phi) is 6.64. The van der Waals surface area contributed by atoms with Gasteiger partial charge in [-0.2, -0.15) is 0 Å². The fraction of sp³-hybridized carbons (Fsp3) is 0.368. The van der Waals surface area contributed by atoms with Crippen LogP contribution in [0.1, 0.15) is 47.9 Å². The van der Waals surface area contributed by atoms with Crippen molar-refractivity contribution in [1.82, 2.24) is 9.88 Å². The predicted octanol–water partition coefficient (Wildman–Crippen LogP) is 3.22. The van der Waals surface area contributed by atoms with Crippen molar-refractivity contribution in [3.05, 3.63) is 62.0 Å². The van der Waals surface area contributed by atoms with Gasteiger partial charge >= 0.3 is 0 Å². The van der Waals surface area contributed by atoms with Crippen LogP contribution < -0.4 is 10.7 Å². The van der Waals surface area contributed by atoms with Crippen molar-refractivity contribution >= 4 is 31.7 Å². The van der Waals surface area contributed by atoms with Gasteiger partial charge < -0.3 is 9.88 Å². The monoisotopic (exact) mass is 454 g/mol. The second kappa shape index (κ2) is 8.39.